The van der Waals surface area contributed by atoms with E-state index in [2.05, 4.69) is 31.9 Å². The minimum Gasteiger partial charge on any atom is -0.273 e. The molecule has 2 aliphatic rings. The molecule has 0 bridgehead atoms. The Balaban J connectivity index is 2.20. The molecule has 0 fully saturated rings. The molecular weight excluding hydrogens is 212 g/mol. The molecule has 1 aliphatic heterocycles. The molecule has 0 aromatic carbocycles. The summed E-state index contributed by atoms with van der Waals surface area (Å²) in [6.07, 6.45) is 6.31. The third-order valence-corrected chi connectivity index (χ3v) is 4.09. The van der Waals surface area contributed by atoms with Crippen LogP contribution in [0.5, 0.6) is 0 Å². The molecular formula is C14H22N2O. The normalized spacial score (nSPS) is 37.2. The predicted molar refractivity (Wildman–Crippen MR) is 69.6 cm³/mol. The molecule has 1 amide bonds. The summed E-state index contributed by atoms with van der Waals surface area (Å²) in [5, 5.41) is 5.90. The van der Waals surface area contributed by atoms with E-state index in [1.165, 1.54) is 5.57 Å². The minimum absolute atomic E-state index is 0.0643. The molecule has 0 aromatic heterocycles. The van der Waals surface area contributed by atoms with E-state index in [4.69, 9.17) is 0 Å². The fourth-order valence-electron chi connectivity index (χ4n) is 3.58. The molecule has 0 saturated carbocycles. The topological polar surface area (TPSA) is 32.7 Å². The number of hydrazone groups is 1. The van der Waals surface area contributed by atoms with Gasteiger partial charge in [-0.05, 0) is 31.1 Å². The number of carbonyl (C=O) groups excluding carboxylic acids is 1. The van der Waals surface area contributed by atoms with Gasteiger partial charge in [0.05, 0.1) is 6.04 Å². The van der Waals surface area contributed by atoms with E-state index in [9.17, 15) is 4.79 Å². The van der Waals surface area contributed by atoms with Crippen LogP contribution in [0.15, 0.2) is 16.8 Å². The molecule has 0 spiro atoms. The first-order valence-corrected chi connectivity index (χ1v) is 6.50. The van der Waals surface area contributed by atoms with Crippen LogP contribution in [0.1, 0.15) is 40.5 Å². The lowest BCUT2D eigenvalue weighted by atomic mass is 9.70. The molecule has 4 atom stereocenters. The van der Waals surface area contributed by atoms with Crippen LogP contribution >= 0.6 is 0 Å². The van der Waals surface area contributed by atoms with E-state index < -0.39 is 0 Å². The summed E-state index contributed by atoms with van der Waals surface area (Å²) in [6, 6.07) is 0.266. The molecule has 2 rings (SSSR count). The zero-order valence-electron chi connectivity index (χ0n) is 11.2. The summed E-state index contributed by atoms with van der Waals surface area (Å²) in [5.41, 5.74) is 1.48. The Bertz CT molecular complexity index is 372. The van der Waals surface area contributed by atoms with Gasteiger partial charge in [-0.15, -0.1) is 0 Å². The van der Waals surface area contributed by atoms with Crippen LogP contribution in [0.3, 0.4) is 0 Å². The maximum Gasteiger partial charge on any atom is 0.239 e. The fraction of sp³-hybridized carbons (Fsp3) is 0.714. The largest absolute Gasteiger partial charge is 0.273 e. The van der Waals surface area contributed by atoms with E-state index in [1.54, 1.807) is 11.9 Å². The summed E-state index contributed by atoms with van der Waals surface area (Å²) >= 11 is 0. The highest BCUT2D eigenvalue weighted by atomic mass is 16.2. The van der Waals surface area contributed by atoms with Crippen molar-refractivity contribution in [2.75, 3.05) is 0 Å². The van der Waals surface area contributed by atoms with Crippen molar-refractivity contribution >= 4 is 12.1 Å². The van der Waals surface area contributed by atoms with Crippen LogP contribution in [-0.2, 0) is 4.79 Å². The van der Waals surface area contributed by atoms with Crippen LogP contribution < -0.4 is 0 Å². The standard InChI is InChI=1S/C14H22N2O/c1-9-7-10(2)14(11(3)8-9)13-5-6-15-16(13)12(4)17/h6-7,10-11,13-14H,5,8H2,1-4H3/t10-,11-,13-,14-/m1/s1. The van der Waals surface area contributed by atoms with Crippen molar-refractivity contribution in [1.29, 1.82) is 0 Å². The Labute approximate surface area is 104 Å². The van der Waals surface area contributed by atoms with Gasteiger partial charge >= 0.3 is 0 Å². The Morgan fingerprint density at radius 1 is 1.47 bits per heavy atom. The summed E-state index contributed by atoms with van der Waals surface area (Å²) in [7, 11) is 0. The summed E-state index contributed by atoms with van der Waals surface area (Å²) in [4.78, 5) is 11.6. The highest BCUT2D eigenvalue weighted by Gasteiger charge is 2.39. The Morgan fingerprint density at radius 2 is 2.18 bits per heavy atom. The molecule has 0 aromatic rings. The second-order valence-corrected chi connectivity index (χ2v) is 5.60. The molecule has 3 nitrogen and oxygen atoms in total. The summed E-state index contributed by atoms with van der Waals surface area (Å²) in [6.45, 7) is 8.38. The van der Waals surface area contributed by atoms with Gasteiger partial charge in [0.15, 0.2) is 0 Å². The number of hydrogen-bond donors (Lipinski definition) is 0. The van der Waals surface area contributed by atoms with Crippen molar-refractivity contribution in [1.82, 2.24) is 5.01 Å². The number of allylic oxidation sites excluding steroid dienone is 2. The Kier molecular flexibility index (Phi) is 3.36. The lowest BCUT2D eigenvalue weighted by Gasteiger charge is -2.39. The lowest BCUT2D eigenvalue weighted by molar-refractivity contribution is -0.132. The van der Waals surface area contributed by atoms with Gasteiger partial charge in [-0.25, -0.2) is 5.01 Å². The van der Waals surface area contributed by atoms with Crippen LogP contribution in [0.2, 0.25) is 0 Å². The molecule has 1 aliphatic carbocycles. The Hall–Kier alpha value is -1.12. The average Bonchev–Trinajstić information content (AvgIpc) is 2.64. The number of rotatable bonds is 1. The van der Waals surface area contributed by atoms with Crippen molar-refractivity contribution in [3.8, 4) is 0 Å². The monoisotopic (exact) mass is 234 g/mol. The second kappa shape index (κ2) is 4.63. The number of nitrogens with zero attached hydrogens (tertiary/aromatic N) is 2. The van der Waals surface area contributed by atoms with E-state index in [0.717, 1.165) is 12.8 Å². The first-order chi connectivity index (χ1) is 8.00. The SMILES string of the molecule is CC(=O)N1N=CC[C@@H]1[C@@H]1[C@H](C)C=C(C)C[C@H]1C. The third-order valence-electron chi connectivity index (χ3n) is 4.09. The smallest absolute Gasteiger partial charge is 0.239 e. The van der Waals surface area contributed by atoms with Gasteiger partial charge in [-0.2, -0.15) is 5.10 Å². The van der Waals surface area contributed by atoms with Crippen molar-refractivity contribution < 1.29 is 4.79 Å². The van der Waals surface area contributed by atoms with Crippen molar-refractivity contribution in [3.63, 3.8) is 0 Å². The molecule has 0 radical (unpaired) electrons. The van der Waals surface area contributed by atoms with Crippen molar-refractivity contribution in [3.05, 3.63) is 11.6 Å². The number of carbonyl (C=O) groups is 1. The zero-order valence-corrected chi connectivity index (χ0v) is 11.2. The maximum absolute atomic E-state index is 11.6. The third kappa shape index (κ3) is 2.28. The first kappa shape index (κ1) is 12.3. The molecule has 3 heteroatoms. The van der Waals surface area contributed by atoms with E-state index >= 15 is 0 Å². The lowest BCUT2D eigenvalue weighted by Crippen LogP contribution is -2.43. The molecule has 94 valence electrons. The van der Waals surface area contributed by atoms with E-state index in [1.807, 2.05) is 6.21 Å². The molecule has 0 unspecified atom stereocenters. The fourth-order valence-corrected chi connectivity index (χ4v) is 3.58. The quantitative estimate of drug-likeness (QED) is 0.642. The van der Waals surface area contributed by atoms with Crippen molar-refractivity contribution in [2.45, 2.75) is 46.6 Å². The van der Waals surface area contributed by atoms with Crippen LogP contribution in [0, 0.1) is 17.8 Å². The first-order valence-electron chi connectivity index (χ1n) is 6.50. The zero-order chi connectivity index (χ0) is 12.6. The van der Waals surface area contributed by atoms with Crippen molar-refractivity contribution in [2.24, 2.45) is 22.9 Å². The molecule has 1 heterocycles. The van der Waals surface area contributed by atoms with Gasteiger partial charge in [0, 0.05) is 19.6 Å². The van der Waals surface area contributed by atoms with E-state index in [0.29, 0.717) is 17.8 Å². The summed E-state index contributed by atoms with van der Waals surface area (Å²) < 4.78 is 0. The van der Waals surface area contributed by atoms with Gasteiger partial charge in [0.25, 0.3) is 0 Å². The average molecular weight is 234 g/mol. The molecule has 17 heavy (non-hydrogen) atoms. The van der Waals surface area contributed by atoms with Crippen LogP contribution in [0.25, 0.3) is 0 Å². The molecule has 0 saturated heterocycles. The summed E-state index contributed by atoms with van der Waals surface area (Å²) in [5.74, 6) is 1.76. The van der Waals surface area contributed by atoms with Gasteiger partial charge in [0.2, 0.25) is 5.91 Å². The highest BCUT2D eigenvalue weighted by Crippen LogP contribution is 2.39. The van der Waals surface area contributed by atoms with E-state index in [-0.39, 0.29) is 11.9 Å². The van der Waals surface area contributed by atoms with Crippen LogP contribution in [-0.4, -0.2) is 23.2 Å². The maximum atomic E-state index is 11.6. The predicted octanol–water partition coefficient (Wildman–Crippen LogP) is 2.83. The van der Waals surface area contributed by atoms with Gasteiger partial charge < -0.3 is 0 Å². The van der Waals surface area contributed by atoms with Crippen LogP contribution in [0.4, 0.5) is 0 Å². The number of hydrogen-bond acceptors (Lipinski definition) is 2. The highest BCUT2D eigenvalue weighted by molar-refractivity contribution is 5.77. The van der Waals surface area contributed by atoms with Gasteiger partial charge in [0.1, 0.15) is 0 Å². The number of amides is 1. The van der Waals surface area contributed by atoms with Gasteiger partial charge in [-0.1, -0.05) is 25.5 Å². The molecule has 0 N–H and O–H groups in total. The minimum atomic E-state index is 0.0643. The second-order valence-electron chi connectivity index (χ2n) is 5.60. The Morgan fingerprint density at radius 3 is 2.76 bits per heavy atom. The van der Waals surface area contributed by atoms with Gasteiger partial charge in [-0.3, -0.25) is 4.79 Å².